The first-order valence-corrected chi connectivity index (χ1v) is 3.12. The molecule has 2 nitrogen and oxygen atoms in total. The summed E-state index contributed by atoms with van der Waals surface area (Å²) in [6.07, 6.45) is 1.33. The lowest BCUT2D eigenvalue weighted by molar-refractivity contribution is -0.121. The van der Waals surface area contributed by atoms with E-state index in [1.54, 1.807) is 0 Å². The van der Waals surface area contributed by atoms with Gasteiger partial charge < -0.3 is 5.32 Å². The Labute approximate surface area is 47.3 Å². The summed E-state index contributed by atoms with van der Waals surface area (Å²) < 4.78 is 0. The van der Waals surface area contributed by atoms with Gasteiger partial charge >= 0.3 is 0 Å². The van der Waals surface area contributed by atoms with Crippen LogP contribution in [0.4, 0.5) is 0 Å². The minimum absolute atomic E-state index is 0.321. The fourth-order valence-corrected chi connectivity index (χ4v) is 2.13. The van der Waals surface area contributed by atoms with Crippen molar-refractivity contribution in [3.8, 4) is 0 Å². The third-order valence-corrected chi connectivity index (χ3v) is 2.97. The van der Waals surface area contributed by atoms with Crippen LogP contribution >= 0.6 is 0 Å². The van der Waals surface area contributed by atoms with Crippen LogP contribution in [0.25, 0.3) is 0 Å². The molecule has 42 valence electrons. The van der Waals surface area contributed by atoms with Gasteiger partial charge in [-0.3, -0.25) is 4.79 Å². The highest BCUT2D eigenvalue weighted by Crippen LogP contribution is 2.81. The van der Waals surface area contributed by atoms with E-state index in [4.69, 9.17) is 0 Å². The summed E-state index contributed by atoms with van der Waals surface area (Å²) in [7, 11) is 0. The lowest BCUT2D eigenvalue weighted by Crippen LogP contribution is -2.19. The van der Waals surface area contributed by atoms with Crippen LogP contribution in [-0.4, -0.2) is 12.5 Å². The van der Waals surface area contributed by atoms with Crippen LogP contribution in [0.1, 0.15) is 6.42 Å². The van der Waals surface area contributed by atoms with E-state index in [0.29, 0.717) is 17.2 Å². The first-order chi connectivity index (χ1) is 3.84. The Morgan fingerprint density at radius 2 is 2.62 bits per heavy atom. The van der Waals surface area contributed by atoms with Gasteiger partial charge in [-0.1, -0.05) is 0 Å². The van der Waals surface area contributed by atoms with E-state index < -0.39 is 0 Å². The maximum Gasteiger partial charge on any atom is 0.224 e. The van der Waals surface area contributed by atoms with Crippen LogP contribution in [0.2, 0.25) is 0 Å². The monoisotopic (exact) mass is 109 g/mol. The van der Waals surface area contributed by atoms with Gasteiger partial charge in [0, 0.05) is 17.9 Å². The second-order valence-corrected chi connectivity index (χ2v) is 3.24. The highest BCUT2D eigenvalue weighted by atomic mass is 16.2. The largest absolute Gasteiger partial charge is 0.355 e. The Bertz CT molecular complexity index is 189. The average molecular weight is 109 g/mol. The molecule has 2 saturated carbocycles. The second kappa shape index (κ2) is 0.634. The zero-order valence-electron chi connectivity index (χ0n) is 4.48. The first kappa shape index (κ1) is 3.49. The number of amides is 1. The Kier molecular flexibility index (Phi) is 0.276. The Balaban J connectivity index is 2.08. The summed E-state index contributed by atoms with van der Waals surface area (Å²) in [5.41, 5.74) is 0.539. The highest BCUT2D eigenvalue weighted by molar-refractivity contribution is 5.89. The molecule has 1 heterocycles. The molecule has 1 spiro atoms. The number of carbonyl (C=O) groups is 1. The number of carbonyl (C=O) groups excluding carboxylic acids is 1. The van der Waals surface area contributed by atoms with E-state index in [-0.39, 0.29) is 0 Å². The quantitative estimate of drug-likeness (QED) is 0.456. The number of hydrogen-bond acceptors (Lipinski definition) is 1. The van der Waals surface area contributed by atoms with Crippen LogP contribution in [0.3, 0.4) is 0 Å². The Morgan fingerprint density at radius 1 is 1.75 bits per heavy atom. The summed E-state index contributed by atoms with van der Waals surface area (Å²) in [5, 5.41) is 2.86. The molecule has 3 atom stereocenters. The SMILES string of the molecule is O=C1NCC23CC2C13. The predicted octanol–water partition coefficient (Wildman–Crippen LogP) is -0.248. The molecule has 3 aliphatic rings. The average Bonchev–Trinajstić information content (AvgIpc) is 2.43. The number of rotatable bonds is 0. The Hall–Kier alpha value is -0.530. The van der Waals surface area contributed by atoms with Gasteiger partial charge in [-0.05, 0) is 12.3 Å². The molecule has 1 aliphatic heterocycles. The smallest absolute Gasteiger partial charge is 0.224 e. The first-order valence-electron chi connectivity index (χ1n) is 3.12. The molecule has 3 rings (SSSR count). The highest BCUT2D eigenvalue weighted by Gasteiger charge is 2.83. The van der Waals surface area contributed by atoms with Crippen LogP contribution in [-0.2, 0) is 4.79 Å². The van der Waals surface area contributed by atoms with Gasteiger partial charge in [0.25, 0.3) is 0 Å². The lowest BCUT2D eigenvalue weighted by atomic mass is 10.1. The fraction of sp³-hybridized carbons (Fsp3) is 0.833. The van der Waals surface area contributed by atoms with Gasteiger partial charge in [0.2, 0.25) is 5.91 Å². The van der Waals surface area contributed by atoms with Crippen molar-refractivity contribution in [2.24, 2.45) is 17.3 Å². The van der Waals surface area contributed by atoms with Gasteiger partial charge in [-0.2, -0.15) is 0 Å². The molecule has 8 heavy (non-hydrogen) atoms. The van der Waals surface area contributed by atoms with Crippen LogP contribution in [0.15, 0.2) is 0 Å². The van der Waals surface area contributed by atoms with Crippen LogP contribution < -0.4 is 5.32 Å². The third kappa shape index (κ3) is 0.156. The summed E-state index contributed by atoms with van der Waals surface area (Å²) in [4.78, 5) is 10.7. The standard InChI is InChI=1S/C6H7NO/c8-5-4-3-1-6(3,4)2-7-5/h3-4H,1-2H2,(H,7,8). The normalized spacial score (nSPS) is 63.8. The van der Waals surface area contributed by atoms with Gasteiger partial charge in [0.15, 0.2) is 0 Å². The molecule has 0 radical (unpaired) electrons. The summed E-state index contributed by atoms with van der Waals surface area (Å²) in [6, 6.07) is 0. The van der Waals surface area contributed by atoms with E-state index in [1.165, 1.54) is 6.42 Å². The molecule has 1 N–H and O–H groups in total. The fourth-order valence-electron chi connectivity index (χ4n) is 2.13. The molecule has 3 fully saturated rings. The molecule has 0 aromatic carbocycles. The lowest BCUT2D eigenvalue weighted by Gasteiger charge is -1.90. The molecule has 0 aromatic heterocycles. The summed E-state index contributed by atoms with van der Waals surface area (Å²) >= 11 is 0. The van der Waals surface area contributed by atoms with Gasteiger partial charge in [-0.15, -0.1) is 0 Å². The van der Waals surface area contributed by atoms with Gasteiger partial charge in [0.05, 0.1) is 0 Å². The van der Waals surface area contributed by atoms with E-state index in [9.17, 15) is 4.79 Å². The molecule has 1 amide bonds. The molecular weight excluding hydrogens is 102 g/mol. The molecule has 2 aliphatic carbocycles. The molecule has 0 bridgehead atoms. The number of fused-ring (bicyclic) bond motifs is 1. The molecular formula is C6H7NO. The Morgan fingerprint density at radius 3 is 2.88 bits per heavy atom. The van der Waals surface area contributed by atoms with E-state index >= 15 is 0 Å². The van der Waals surface area contributed by atoms with E-state index in [2.05, 4.69) is 5.32 Å². The van der Waals surface area contributed by atoms with Crippen molar-refractivity contribution in [3.05, 3.63) is 0 Å². The predicted molar refractivity (Wildman–Crippen MR) is 27.0 cm³/mol. The molecule has 0 aromatic rings. The topological polar surface area (TPSA) is 29.1 Å². The van der Waals surface area contributed by atoms with Gasteiger partial charge in [0.1, 0.15) is 0 Å². The second-order valence-electron chi connectivity index (χ2n) is 3.24. The van der Waals surface area contributed by atoms with Crippen molar-refractivity contribution in [2.45, 2.75) is 6.42 Å². The number of piperidine rings is 1. The minimum atomic E-state index is 0.321. The van der Waals surface area contributed by atoms with E-state index in [1.807, 2.05) is 0 Å². The van der Waals surface area contributed by atoms with Crippen molar-refractivity contribution in [3.63, 3.8) is 0 Å². The maximum atomic E-state index is 10.7. The zero-order valence-corrected chi connectivity index (χ0v) is 4.48. The molecule has 2 heteroatoms. The van der Waals surface area contributed by atoms with Crippen LogP contribution in [0.5, 0.6) is 0 Å². The third-order valence-electron chi connectivity index (χ3n) is 2.97. The van der Waals surface area contributed by atoms with Crippen molar-refractivity contribution >= 4 is 5.91 Å². The van der Waals surface area contributed by atoms with E-state index in [0.717, 1.165) is 12.5 Å². The zero-order chi connectivity index (χ0) is 5.35. The van der Waals surface area contributed by atoms with Crippen molar-refractivity contribution in [1.29, 1.82) is 0 Å². The summed E-state index contributed by atoms with van der Waals surface area (Å²) in [5.74, 6) is 1.62. The number of nitrogens with one attached hydrogen (secondary N) is 1. The van der Waals surface area contributed by atoms with Crippen molar-refractivity contribution < 1.29 is 4.79 Å². The van der Waals surface area contributed by atoms with Crippen molar-refractivity contribution in [1.82, 2.24) is 5.32 Å². The minimum Gasteiger partial charge on any atom is -0.355 e. The van der Waals surface area contributed by atoms with Crippen molar-refractivity contribution in [2.75, 3.05) is 6.54 Å². The van der Waals surface area contributed by atoms with Crippen LogP contribution in [0, 0.1) is 17.3 Å². The summed E-state index contributed by atoms with van der Waals surface area (Å²) in [6.45, 7) is 0.987. The molecule has 1 saturated heterocycles. The maximum absolute atomic E-state index is 10.7. The molecule has 3 unspecified atom stereocenters. The van der Waals surface area contributed by atoms with Gasteiger partial charge in [-0.25, -0.2) is 0 Å². The number of hydrogen-bond donors (Lipinski definition) is 1.